The molecule has 4 unspecified atom stereocenters. The molecule has 30 heteroatoms. The predicted molar refractivity (Wildman–Crippen MR) is 554 cm³/mol. The van der Waals surface area contributed by atoms with E-state index in [1.165, 1.54) is 19.6 Å². The number of urea groups is 4. The van der Waals surface area contributed by atoms with Gasteiger partial charge in [0.2, 0.25) is 0 Å². The number of nitrogens with zero attached hydrogens (tertiary/aromatic N) is 14. The molecule has 4 aliphatic rings. The molecule has 0 spiro atoms. The molecule has 0 aliphatic carbocycles. The maximum Gasteiger partial charge on any atom is 0.325 e. The minimum absolute atomic E-state index is 0.181. The second-order valence-corrected chi connectivity index (χ2v) is 36.4. The number of H-pyrrole nitrogens is 4. The van der Waals surface area contributed by atoms with E-state index in [4.69, 9.17) is 0 Å². The molecule has 4 atom stereocenters. The minimum atomic E-state index is -0.599. The van der Waals surface area contributed by atoms with Crippen molar-refractivity contribution in [1.82, 2.24) is 109 Å². The first-order valence-corrected chi connectivity index (χ1v) is 47.7. The van der Waals surface area contributed by atoms with Gasteiger partial charge in [-0.3, -0.25) is 47.6 Å². The van der Waals surface area contributed by atoms with E-state index in [9.17, 15) is 38.4 Å². The zero-order valence-electron chi connectivity index (χ0n) is 80.2. The number of aromatic nitrogens is 14. The quantitative estimate of drug-likeness (QED) is 0.0329. The summed E-state index contributed by atoms with van der Waals surface area (Å²) in [6, 6.07) is 66.1. The molecule has 8 N–H and O–H groups in total. The summed E-state index contributed by atoms with van der Waals surface area (Å²) in [7, 11) is 0. The molecule has 12 aromatic heterocycles. The van der Waals surface area contributed by atoms with Crippen molar-refractivity contribution in [2.75, 3.05) is 0 Å². The standard InChI is InChI=1S/C30H25N5O2.C29H24N6O2.C29H23N5O2.C28H22N6O2/c1-19-7-5-10-25-23(16-32-28(19)25)15-26-29(36)35(30(37)33-26)18-22-9-6-8-21(20(22)2)12-13-24-17-31-27-11-3-4-14-34(24)27;1-18-6-3-9-24-22(15-31-27(18)24)14-25-28(36)34(29(37)33-25)17-21-8-4-7-20(19(21)2)11-12-23-16-30-26-10-5-13-32-35(23)26;1-19-6-4-9-24-22(16-31-27(19)24)15-25-28(35)34(29(36)32-25)18-21-8-5-7-20(14-21)11-12-23-17-30-26-10-2-3-13-33(23)26;1-18-5-2-8-23-21(15-30-26(18)23)14-24-27(35)33(28(36)32-24)17-20-7-3-6-19(13-20)10-11-22-16-29-25-9-4-12-31-34(22)25/h3-11,14,16-17,26,32H,15,18H2,1-2H3,(H,33,37);3-10,13,15-16,25,31H,14,17H2,1-2H3,(H,33,37);2-10,13-14,16-17,25,31H,15,18H2,1H3,(H,32,36);2-9,12-13,15-16,24,30H,14,17H2,1H3,(H,32,36). The molecule has 146 heavy (non-hydrogen) atoms. The molecule has 16 heterocycles. The van der Waals surface area contributed by atoms with E-state index in [-0.39, 0.29) is 73.9 Å². The topological polar surface area (TPSA) is 356 Å². The van der Waals surface area contributed by atoms with Crippen molar-refractivity contribution in [3.63, 3.8) is 0 Å². The Morgan fingerprint density at radius 2 is 0.596 bits per heavy atom. The number of aryl methyl sites for hydroxylation is 4. The Balaban J connectivity index is 0.000000114. The van der Waals surface area contributed by atoms with E-state index in [2.05, 4.69) is 119 Å². The summed E-state index contributed by atoms with van der Waals surface area (Å²) in [6.45, 7) is 12.9. The van der Waals surface area contributed by atoms with Gasteiger partial charge in [-0.25, -0.2) is 48.1 Å². The van der Waals surface area contributed by atoms with E-state index >= 15 is 0 Å². The third-order valence-electron chi connectivity index (χ3n) is 27.0. The zero-order valence-corrected chi connectivity index (χ0v) is 80.2. The van der Waals surface area contributed by atoms with Crippen LogP contribution in [0.3, 0.4) is 0 Å². The van der Waals surface area contributed by atoms with E-state index in [1.54, 1.807) is 46.2 Å². The van der Waals surface area contributed by atoms with Gasteiger partial charge in [0.05, 0.1) is 51.0 Å². The Kier molecular flexibility index (Phi) is 25.5. The van der Waals surface area contributed by atoms with E-state index < -0.39 is 24.2 Å². The number of aromatic amines is 4. The number of amides is 12. The molecule has 0 bridgehead atoms. The summed E-state index contributed by atoms with van der Waals surface area (Å²) in [6.07, 6.45) is 23.5. The number of hydrogen-bond acceptors (Lipinski definition) is 14. The van der Waals surface area contributed by atoms with Crippen molar-refractivity contribution in [2.24, 2.45) is 0 Å². The highest BCUT2D eigenvalue weighted by Crippen LogP contribution is 2.32. The average Bonchev–Trinajstić information content (AvgIpc) is 1.64. The number of carbonyl (C=O) groups excluding carboxylic acids is 8. The Hall–Kier alpha value is -19.5. The summed E-state index contributed by atoms with van der Waals surface area (Å²) in [5.41, 5.74) is 27.5. The number of fused-ring (bicyclic) bond motifs is 8. The number of imidazole rings is 4. The number of benzene rings is 8. The molecule has 716 valence electrons. The third-order valence-corrected chi connectivity index (χ3v) is 27.0. The van der Waals surface area contributed by atoms with Gasteiger partial charge >= 0.3 is 24.1 Å². The van der Waals surface area contributed by atoms with Crippen molar-refractivity contribution in [2.45, 2.75) is 118 Å². The smallest absolute Gasteiger partial charge is 0.325 e. The average molecular weight is 1920 g/mol. The SMILES string of the molecule is Cc1c(C#Cc2cnc3ccccn23)cccc1CN1C(=O)NC(Cc2c[nH]c3c(C)cccc23)C1=O.Cc1c(C#Cc2cnc3cccnn23)cccc1CN1C(=O)NC(Cc2c[nH]c3c(C)cccc23)C1=O.Cc1cccc2c(CC3NC(=O)N(Cc4cccc(C#Cc5cnc6ccccn56)c4)C3=O)c[nH]c12.Cc1cccc2c(CC3NC(=O)N(Cc4cccc(C#Cc5cnc6cccnn56)c4)C3=O)c[nH]c12. The fourth-order valence-corrected chi connectivity index (χ4v) is 19.1. The van der Waals surface area contributed by atoms with Gasteiger partial charge in [0.25, 0.3) is 23.6 Å². The number of carbonyl (C=O) groups is 8. The van der Waals surface area contributed by atoms with Crippen LogP contribution in [0, 0.1) is 88.9 Å². The highest BCUT2D eigenvalue weighted by atomic mass is 16.2. The van der Waals surface area contributed by atoms with Crippen molar-refractivity contribution in [3.8, 4) is 47.4 Å². The van der Waals surface area contributed by atoms with Crippen molar-refractivity contribution in [1.29, 1.82) is 0 Å². The van der Waals surface area contributed by atoms with Crippen LogP contribution in [0.5, 0.6) is 0 Å². The lowest BCUT2D eigenvalue weighted by molar-refractivity contribution is -0.128. The second-order valence-electron chi connectivity index (χ2n) is 36.4. The number of imide groups is 4. The van der Waals surface area contributed by atoms with E-state index in [1.807, 2.05) is 306 Å². The zero-order chi connectivity index (χ0) is 100. The van der Waals surface area contributed by atoms with Crippen LogP contribution >= 0.6 is 0 Å². The van der Waals surface area contributed by atoms with Gasteiger partial charge in [-0.1, -0.05) is 157 Å². The number of pyridine rings is 2. The van der Waals surface area contributed by atoms with Gasteiger partial charge in [-0.2, -0.15) is 10.2 Å². The molecule has 20 aromatic rings. The number of nitrogens with one attached hydrogen (secondary N) is 8. The van der Waals surface area contributed by atoms with Gasteiger partial charge in [-0.05, 0) is 228 Å². The molecular weight excluding hydrogens is 1830 g/mol. The summed E-state index contributed by atoms with van der Waals surface area (Å²) in [5.74, 6) is 24.4. The van der Waals surface area contributed by atoms with Crippen molar-refractivity contribution < 1.29 is 38.4 Å². The summed E-state index contributed by atoms with van der Waals surface area (Å²) < 4.78 is 7.24. The summed E-state index contributed by atoms with van der Waals surface area (Å²) in [5, 5.41) is 24.3. The molecule has 0 radical (unpaired) electrons. The maximum absolute atomic E-state index is 13.2. The van der Waals surface area contributed by atoms with Crippen molar-refractivity contribution in [3.05, 3.63) is 416 Å². The Bertz CT molecular complexity index is 8450. The second kappa shape index (κ2) is 40.0. The number of hydrogen-bond donors (Lipinski definition) is 8. The van der Waals surface area contributed by atoms with E-state index in [0.717, 1.165) is 178 Å². The normalized spacial score (nSPS) is 15.3. The van der Waals surface area contributed by atoms with Crippen LogP contribution in [-0.4, -0.2) is 159 Å². The molecular formula is C116H94N22O8. The van der Waals surface area contributed by atoms with Gasteiger partial charge < -0.3 is 41.2 Å². The molecule has 8 aromatic carbocycles. The first-order chi connectivity index (χ1) is 71.1. The molecule has 24 rings (SSSR count). The monoisotopic (exact) mass is 1920 g/mol. The lowest BCUT2D eigenvalue weighted by atomic mass is 10.0. The van der Waals surface area contributed by atoms with Gasteiger partial charge in [0, 0.05) is 141 Å². The molecule has 0 saturated carbocycles. The first kappa shape index (κ1) is 92.9. The molecule has 12 amide bonds. The number of para-hydroxylation sites is 4. The van der Waals surface area contributed by atoms with Crippen LogP contribution in [0.15, 0.2) is 293 Å². The Labute approximate surface area is 836 Å². The van der Waals surface area contributed by atoms with Crippen LogP contribution < -0.4 is 21.3 Å². The fourth-order valence-electron chi connectivity index (χ4n) is 19.1. The summed E-state index contributed by atoms with van der Waals surface area (Å²) >= 11 is 0. The highest BCUT2D eigenvalue weighted by molar-refractivity contribution is 6.07. The lowest BCUT2D eigenvalue weighted by Crippen LogP contribution is -2.32. The largest absolute Gasteiger partial charge is 0.361 e. The van der Waals surface area contributed by atoms with Crippen LogP contribution in [-0.2, 0) is 71.0 Å². The first-order valence-electron chi connectivity index (χ1n) is 47.7. The summed E-state index contributed by atoms with van der Waals surface area (Å²) in [4.78, 5) is 139. The molecule has 4 saturated heterocycles. The van der Waals surface area contributed by atoms with E-state index in [0.29, 0.717) is 37.1 Å². The van der Waals surface area contributed by atoms with Crippen LogP contribution in [0.4, 0.5) is 19.2 Å². The van der Waals surface area contributed by atoms with Crippen LogP contribution in [0.1, 0.15) is 123 Å². The Morgan fingerprint density at radius 1 is 0.288 bits per heavy atom. The van der Waals surface area contributed by atoms with Crippen molar-refractivity contribution >= 4 is 114 Å². The molecule has 4 fully saturated rings. The van der Waals surface area contributed by atoms with Gasteiger partial charge in [0.1, 0.15) is 58.2 Å². The Morgan fingerprint density at radius 3 is 0.966 bits per heavy atom. The maximum atomic E-state index is 13.2. The predicted octanol–water partition coefficient (Wildman–Crippen LogP) is 16.2. The lowest BCUT2D eigenvalue weighted by Gasteiger charge is -2.15. The minimum Gasteiger partial charge on any atom is -0.361 e. The fraction of sp³-hybridized carbons (Fsp3) is 0.155. The van der Waals surface area contributed by atoms with Gasteiger partial charge in [-0.15, -0.1) is 0 Å². The third kappa shape index (κ3) is 19.0. The van der Waals surface area contributed by atoms with Crippen LogP contribution in [0.2, 0.25) is 0 Å². The molecule has 4 aliphatic heterocycles. The number of rotatable bonds is 16. The van der Waals surface area contributed by atoms with Gasteiger partial charge in [0.15, 0.2) is 11.3 Å². The highest BCUT2D eigenvalue weighted by Gasteiger charge is 2.43. The van der Waals surface area contributed by atoms with Crippen LogP contribution in [0.25, 0.3) is 66.2 Å². The molecule has 30 nitrogen and oxygen atoms in total.